The zero-order valence-electron chi connectivity index (χ0n) is 23.2. The van der Waals surface area contributed by atoms with E-state index in [9.17, 15) is 9.59 Å². The summed E-state index contributed by atoms with van der Waals surface area (Å²) in [6.07, 6.45) is 27.3. The maximum atomic E-state index is 11.9. The number of ether oxygens (including phenoxy) is 2. The van der Waals surface area contributed by atoms with E-state index >= 15 is 0 Å². The molecule has 0 aromatic rings. The average Bonchev–Trinajstić information content (AvgIpc) is 2.82. The summed E-state index contributed by atoms with van der Waals surface area (Å²) in [5.41, 5.74) is 0. The highest BCUT2D eigenvalue weighted by Gasteiger charge is 2.12. The quantitative estimate of drug-likeness (QED) is 0.0909. The molecule has 0 heterocycles. The van der Waals surface area contributed by atoms with Crippen LogP contribution in [0.25, 0.3) is 0 Å². The van der Waals surface area contributed by atoms with Crippen LogP contribution in [-0.2, 0) is 19.1 Å². The Labute approximate surface area is 212 Å². The molecule has 34 heavy (non-hydrogen) atoms. The summed E-state index contributed by atoms with van der Waals surface area (Å²) in [4.78, 5) is 23.7. The lowest BCUT2D eigenvalue weighted by atomic mass is 10.0. The molecule has 0 spiro atoms. The summed E-state index contributed by atoms with van der Waals surface area (Å²) in [6.45, 7) is 6.41. The van der Waals surface area contributed by atoms with Crippen LogP contribution in [0.5, 0.6) is 0 Å². The van der Waals surface area contributed by atoms with Crippen molar-refractivity contribution < 1.29 is 19.1 Å². The van der Waals surface area contributed by atoms with Gasteiger partial charge in [0.25, 0.3) is 0 Å². The van der Waals surface area contributed by atoms with Crippen LogP contribution in [0.4, 0.5) is 0 Å². The van der Waals surface area contributed by atoms with E-state index in [0.717, 1.165) is 25.7 Å². The third-order valence-corrected chi connectivity index (χ3v) is 6.53. The van der Waals surface area contributed by atoms with E-state index < -0.39 is 0 Å². The second-order valence-corrected chi connectivity index (χ2v) is 10.2. The molecule has 1 atom stereocenters. The molecule has 4 heteroatoms. The largest absolute Gasteiger partial charge is 0.462 e. The highest BCUT2D eigenvalue weighted by Crippen LogP contribution is 2.14. The Morgan fingerprint density at radius 1 is 0.500 bits per heavy atom. The van der Waals surface area contributed by atoms with Crippen molar-refractivity contribution in [2.24, 2.45) is 0 Å². The number of hydrogen-bond donors (Lipinski definition) is 0. The standard InChI is InChI=1S/C30H58O4/c1-4-6-8-10-11-12-13-14-15-16-17-18-19-20-22-23-25-29(31)33-27-28(3)34-30(32)26-24-21-9-7-5-2/h28H,4-27H2,1-3H3. The molecule has 0 rings (SSSR count). The average molecular weight is 483 g/mol. The Morgan fingerprint density at radius 3 is 1.21 bits per heavy atom. The monoisotopic (exact) mass is 482 g/mol. The van der Waals surface area contributed by atoms with Gasteiger partial charge in [-0.1, -0.05) is 136 Å². The molecule has 0 aromatic heterocycles. The van der Waals surface area contributed by atoms with Crippen LogP contribution < -0.4 is 0 Å². The molecule has 202 valence electrons. The second kappa shape index (κ2) is 26.5. The fraction of sp³-hybridized carbons (Fsp3) is 0.933. The van der Waals surface area contributed by atoms with E-state index in [2.05, 4.69) is 13.8 Å². The molecule has 0 bridgehead atoms. The highest BCUT2D eigenvalue weighted by atomic mass is 16.6. The zero-order chi connectivity index (χ0) is 25.1. The summed E-state index contributed by atoms with van der Waals surface area (Å²) in [6, 6.07) is 0. The Kier molecular flexibility index (Phi) is 25.7. The zero-order valence-corrected chi connectivity index (χ0v) is 23.2. The van der Waals surface area contributed by atoms with Crippen LogP contribution in [0.15, 0.2) is 0 Å². The lowest BCUT2D eigenvalue weighted by Gasteiger charge is -2.13. The first-order chi connectivity index (χ1) is 16.6. The molecule has 0 N–H and O–H groups in total. The molecule has 0 fully saturated rings. The first-order valence-corrected chi connectivity index (χ1v) is 14.9. The predicted molar refractivity (Wildman–Crippen MR) is 144 cm³/mol. The molecule has 4 nitrogen and oxygen atoms in total. The molecule has 0 aliphatic carbocycles. The number of hydrogen-bond acceptors (Lipinski definition) is 4. The molecule has 0 saturated heterocycles. The van der Waals surface area contributed by atoms with Crippen LogP contribution in [-0.4, -0.2) is 24.6 Å². The SMILES string of the molecule is CCCCCCCCCCCCCCCCCCC(=O)OCC(C)OC(=O)CCCCCCC. The molecule has 0 aromatic carbocycles. The van der Waals surface area contributed by atoms with Gasteiger partial charge in [-0.3, -0.25) is 9.59 Å². The van der Waals surface area contributed by atoms with Gasteiger partial charge in [0.1, 0.15) is 12.7 Å². The van der Waals surface area contributed by atoms with Gasteiger partial charge in [-0.05, 0) is 19.8 Å². The van der Waals surface area contributed by atoms with Gasteiger partial charge in [0.15, 0.2) is 0 Å². The minimum absolute atomic E-state index is 0.166. The maximum absolute atomic E-state index is 11.9. The third kappa shape index (κ3) is 25.6. The number of carbonyl (C=O) groups excluding carboxylic acids is 2. The third-order valence-electron chi connectivity index (χ3n) is 6.53. The first-order valence-electron chi connectivity index (χ1n) is 14.9. The summed E-state index contributed by atoms with van der Waals surface area (Å²) < 4.78 is 10.6. The lowest BCUT2D eigenvalue weighted by Crippen LogP contribution is -2.22. The van der Waals surface area contributed by atoms with Gasteiger partial charge in [-0.2, -0.15) is 0 Å². The number of unbranched alkanes of at least 4 members (excludes halogenated alkanes) is 19. The Morgan fingerprint density at radius 2 is 0.824 bits per heavy atom. The number of esters is 2. The van der Waals surface area contributed by atoms with Crippen LogP contribution in [0.3, 0.4) is 0 Å². The van der Waals surface area contributed by atoms with E-state index in [1.54, 1.807) is 6.92 Å². The van der Waals surface area contributed by atoms with Gasteiger partial charge in [0, 0.05) is 12.8 Å². The smallest absolute Gasteiger partial charge is 0.306 e. The van der Waals surface area contributed by atoms with Crippen LogP contribution in [0.1, 0.15) is 168 Å². The van der Waals surface area contributed by atoms with Crippen LogP contribution in [0.2, 0.25) is 0 Å². The predicted octanol–water partition coefficient (Wildman–Crippen LogP) is 9.47. The van der Waals surface area contributed by atoms with Crippen molar-refractivity contribution in [1.29, 1.82) is 0 Å². The maximum Gasteiger partial charge on any atom is 0.306 e. The molecule has 1 unspecified atom stereocenters. The topological polar surface area (TPSA) is 52.6 Å². The summed E-state index contributed by atoms with van der Waals surface area (Å²) in [5, 5.41) is 0. The Hall–Kier alpha value is -1.06. The van der Waals surface area contributed by atoms with E-state index in [4.69, 9.17) is 9.47 Å². The minimum atomic E-state index is -0.363. The molecule has 0 aliphatic heterocycles. The van der Waals surface area contributed by atoms with Gasteiger partial charge >= 0.3 is 11.9 Å². The number of carbonyl (C=O) groups is 2. The van der Waals surface area contributed by atoms with Gasteiger partial charge in [0.2, 0.25) is 0 Å². The molecule has 0 amide bonds. The normalized spacial score (nSPS) is 12.0. The van der Waals surface area contributed by atoms with Gasteiger partial charge < -0.3 is 9.47 Å². The van der Waals surface area contributed by atoms with Crippen LogP contribution in [0, 0.1) is 0 Å². The summed E-state index contributed by atoms with van der Waals surface area (Å²) in [7, 11) is 0. The van der Waals surface area contributed by atoms with E-state index in [1.807, 2.05) is 0 Å². The fourth-order valence-corrected chi connectivity index (χ4v) is 4.29. The van der Waals surface area contributed by atoms with Gasteiger partial charge in [-0.25, -0.2) is 0 Å². The molecule has 0 radical (unpaired) electrons. The molecule has 0 aliphatic rings. The van der Waals surface area contributed by atoms with Gasteiger partial charge in [0.05, 0.1) is 0 Å². The van der Waals surface area contributed by atoms with Crippen LogP contribution >= 0.6 is 0 Å². The van der Waals surface area contributed by atoms with Crippen molar-refractivity contribution in [3.05, 3.63) is 0 Å². The van der Waals surface area contributed by atoms with Crippen molar-refractivity contribution in [3.63, 3.8) is 0 Å². The minimum Gasteiger partial charge on any atom is -0.462 e. The Bertz CT molecular complexity index is 449. The lowest BCUT2D eigenvalue weighted by molar-refractivity contribution is -0.158. The fourth-order valence-electron chi connectivity index (χ4n) is 4.29. The summed E-state index contributed by atoms with van der Waals surface area (Å²) in [5.74, 6) is -0.356. The molecular formula is C30H58O4. The Balaban J connectivity index is 3.36. The van der Waals surface area contributed by atoms with Gasteiger partial charge in [-0.15, -0.1) is 0 Å². The highest BCUT2D eigenvalue weighted by molar-refractivity contribution is 5.70. The second-order valence-electron chi connectivity index (χ2n) is 10.2. The van der Waals surface area contributed by atoms with E-state index in [0.29, 0.717) is 12.8 Å². The molecular weight excluding hydrogens is 424 g/mol. The van der Waals surface area contributed by atoms with Crippen molar-refractivity contribution in [2.45, 2.75) is 175 Å². The number of rotatable bonds is 26. The molecule has 0 saturated carbocycles. The van der Waals surface area contributed by atoms with Crippen molar-refractivity contribution in [1.82, 2.24) is 0 Å². The summed E-state index contributed by atoms with van der Waals surface area (Å²) >= 11 is 0. The van der Waals surface area contributed by atoms with E-state index in [1.165, 1.54) is 109 Å². The van der Waals surface area contributed by atoms with E-state index in [-0.39, 0.29) is 24.6 Å². The van der Waals surface area contributed by atoms with Crippen molar-refractivity contribution >= 4 is 11.9 Å². The van der Waals surface area contributed by atoms with Crippen molar-refractivity contribution in [3.8, 4) is 0 Å². The van der Waals surface area contributed by atoms with Crippen molar-refractivity contribution in [2.75, 3.05) is 6.61 Å². The first kappa shape index (κ1) is 32.9.